The van der Waals surface area contributed by atoms with Crippen LogP contribution >= 0.6 is 0 Å². The van der Waals surface area contributed by atoms with Crippen LogP contribution in [0.25, 0.3) is 0 Å². The minimum Gasteiger partial charge on any atom is -0.0990 e. The first-order chi connectivity index (χ1) is 6.79. The van der Waals surface area contributed by atoms with Crippen LogP contribution in [0, 0.1) is 0 Å². The van der Waals surface area contributed by atoms with Crippen LogP contribution in [0.5, 0.6) is 0 Å². The van der Waals surface area contributed by atoms with Crippen molar-refractivity contribution in [1.29, 1.82) is 0 Å². The molecule has 0 heterocycles. The topological polar surface area (TPSA) is 0 Å². The van der Waals surface area contributed by atoms with Crippen molar-refractivity contribution in [3.05, 3.63) is 60.3 Å². The molecule has 0 aliphatic rings. The smallest absolute Gasteiger partial charge is 0.0191 e. The van der Waals surface area contributed by atoms with Gasteiger partial charge in [-0.2, -0.15) is 0 Å². The normalized spacial score (nSPS) is 14.2. The van der Waals surface area contributed by atoms with Crippen LogP contribution in [0.3, 0.4) is 0 Å². The molecule has 0 aromatic heterocycles. The molecule has 0 amide bonds. The molecule has 0 radical (unpaired) electrons. The molecule has 0 N–H and O–H groups in total. The van der Waals surface area contributed by atoms with Gasteiger partial charge in [0.1, 0.15) is 0 Å². The Kier molecular flexibility index (Phi) is 7.53. The lowest BCUT2D eigenvalue weighted by Crippen LogP contribution is -1.82. The highest BCUT2D eigenvalue weighted by Crippen LogP contribution is 2.13. The summed E-state index contributed by atoms with van der Waals surface area (Å²) in [5, 5.41) is 0. The molecule has 14 heavy (non-hydrogen) atoms. The Hall–Kier alpha value is -1.30. The third-order valence-electron chi connectivity index (χ3n) is 1.82. The average molecular weight is 188 g/mol. The van der Waals surface area contributed by atoms with E-state index in [9.17, 15) is 0 Å². The maximum Gasteiger partial charge on any atom is -0.0191 e. The van der Waals surface area contributed by atoms with Gasteiger partial charge in [-0.15, -0.1) is 0 Å². The maximum atomic E-state index is 3.72. The molecule has 0 saturated carbocycles. The van der Waals surface area contributed by atoms with Gasteiger partial charge in [-0.3, -0.25) is 0 Å². The second-order valence-corrected chi connectivity index (χ2v) is 2.91. The second-order valence-electron chi connectivity index (χ2n) is 2.91. The van der Waals surface area contributed by atoms with Crippen molar-refractivity contribution in [3.8, 4) is 0 Å². The summed E-state index contributed by atoms with van der Waals surface area (Å²) in [5.41, 5.74) is 2.44. The third-order valence-corrected chi connectivity index (χ3v) is 1.82. The Labute approximate surface area is 88.0 Å². The second kappa shape index (κ2) is 8.31. The summed E-state index contributed by atoms with van der Waals surface area (Å²) in [7, 11) is 0. The van der Waals surface area contributed by atoms with Gasteiger partial charge < -0.3 is 0 Å². The van der Waals surface area contributed by atoms with Gasteiger partial charge in [0.2, 0.25) is 0 Å². The zero-order valence-corrected chi connectivity index (χ0v) is 9.46. The van der Waals surface area contributed by atoms with Gasteiger partial charge in [0.05, 0.1) is 0 Å². The lowest BCUT2D eigenvalue weighted by molar-refractivity contribution is 1.22. The van der Waals surface area contributed by atoms with E-state index in [0.717, 1.165) is 6.42 Å². The highest BCUT2D eigenvalue weighted by atomic mass is 14.0. The first-order valence-electron chi connectivity index (χ1n) is 5.08. The van der Waals surface area contributed by atoms with Crippen molar-refractivity contribution in [1.82, 2.24) is 0 Å². The number of hydrogen-bond acceptors (Lipinski definition) is 0. The summed E-state index contributed by atoms with van der Waals surface area (Å²) < 4.78 is 0. The van der Waals surface area contributed by atoms with Gasteiger partial charge in [-0.05, 0) is 31.4 Å². The van der Waals surface area contributed by atoms with Gasteiger partial charge in [0.15, 0.2) is 0 Å². The minimum atomic E-state index is 1.06. The molecule has 0 heteroatoms. The van der Waals surface area contributed by atoms with Crippen molar-refractivity contribution in [2.75, 3.05) is 0 Å². The number of allylic oxidation sites excluding steroid dienone is 9. The molecular formula is C14H20. The van der Waals surface area contributed by atoms with Gasteiger partial charge in [-0.25, -0.2) is 0 Å². The standard InChI is InChI=1S/C14H20/c1-5-9-12-14(11-7-3)13(8-4)10-6-2/h6-12H,3,5H2,1-2,4H3/b10-6-,12-9-,13-8-,14-11-. The van der Waals surface area contributed by atoms with Crippen LogP contribution in [0.4, 0.5) is 0 Å². The summed E-state index contributed by atoms with van der Waals surface area (Å²) in [5.74, 6) is 0. The van der Waals surface area contributed by atoms with E-state index in [2.05, 4.69) is 37.8 Å². The number of hydrogen-bond donors (Lipinski definition) is 0. The van der Waals surface area contributed by atoms with Crippen LogP contribution in [-0.4, -0.2) is 0 Å². The largest absolute Gasteiger partial charge is 0.0990 e. The summed E-state index contributed by atoms with van der Waals surface area (Å²) >= 11 is 0. The Morgan fingerprint density at radius 3 is 2.29 bits per heavy atom. The first kappa shape index (κ1) is 12.7. The molecular weight excluding hydrogens is 168 g/mol. The van der Waals surface area contributed by atoms with E-state index in [1.165, 1.54) is 11.1 Å². The molecule has 0 aromatic rings. The fraction of sp³-hybridized carbons (Fsp3) is 0.286. The van der Waals surface area contributed by atoms with E-state index in [4.69, 9.17) is 0 Å². The lowest BCUT2D eigenvalue weighted by Gasteiger charge is -2.01. The fourth-order valence-corrected chi connectivity index (χ4v) is 1.16. The molecule has 0 rings (SSSR count). The van der Waals surface area contributed by atoms with Crippen LogP contribution in [0.15, 0.2) is 60.3 Å². The number of rotatable bonds is 5. The van der Waals surface area contributed by atoms with Crippen LogP contribution in [0.2, 0.25) is 0 Å². The molecule has 0 nitrogen and oxygen atoms in total. The highest BCUT2D eigenvalue weighted by Gasteiger charge is 1.94. The fourth-order valence-electron chi connectivity index (χ4n) is 1.16. The molecule has 0 bridgehead atoms. The summed E-state index contributed by atoms with van der Waals surface area (Å²) in [4.78, 5) is 0. The van der Waals surface area contributed by atoms with Gasteiger partial charge in [0.25, 0.3) is 0 Å². The molecule has 0 aliphatic heterocycles. The molecule has 76 valence electrons. The maximum absolute atomic E-state index is 3.72. The van der Waals surface area contributed by atoms with E-state index >= 15 is 0 Å². The molecule has 0 saturated heterocycles. The van der Waals surface area contributed by atoms with Crippen molar-refractivity contribution < 1.29 is 0 Å². The van der Waals surface area contributed by atoms with Gasteiger partial charge in [0, 0.05) is 0 Å². The van der Waals surface area contributed by atoms with Crippen LogP contribution in [-0.2, 0) is 0 Å². The molecule has 0 unspecified atom stereocenters. The third kappa shape index (κ3) is 4.66. The molecule has 0 atom stereocenters. The van der Waals surface area contributed by atoms with Crippen molar-refractivity contribution in [2.45, 2.75) is 27.2 Å². The quantitative estimate of drug-likeness (QED) is 0.554. The predicted octanol–water partition coefficient (Wildman–Crippen LogP) is 4.59. The van der Waals surface area contributed by atoms with Crippen molar-refractivity contribution in [3.63, 3.8) is 0 Å². The lowest BCUT2D eigenvalue weighted by atomic mass is 10.0. The Morgan fingerprint density at radius 2 is 1.86 bits per heavy atom. The summed E-state index contributed by atoms with van der Waals surface area (Å²) in [6, 6.07) is 0. The average Bonchev–Trinajstić information content (AvgIpc) is 2.21. The zero-order valence-electron chi connectivity index (χ0n) is 9.46. The van der Waals surface area contributed by atoms with Gasteiger partial charge >= 0.3 is 0 Å². The first-order valence-corrected chi connectivity index (χ1v) is 5.08. The highest BCUT2D eigenvalue weighted by molar-refractivity contribution is 5.47. The molecule has 0 aliphatic carbocycles. The van der Waals surface area contributed by atoms with E-state index in [-0.39, 0.29) is 0 Å². The Bertz CT molecular complexity index is 272. The van der Waals surface area contributed by atoms with E-state index in [0.29, 0.717) is 0 Å². The molecule has 0 spiro atoms. The Morgan fingerprint density at radius 1 is 1.14 bits per heavy atom. The molecule has 0 aromatic carbocycles. The zero-order chi connectivity index (χ0) is 10.8. The minimum absolute atomic E-state index is 1.06. The van der Waals surface area contributed by atoms with E-state index < -0.39 is 0 Å². The van der Waals surface area contributed by atoms with Crippen LogP contribution in [0.1, 0.15) is 27.2 Å². The molecule has 0 fully saturated rings. The van der Waals surface area contributed by atoms with Gasteiger partial charge in [-0.1, -0.05) is 56.0 Å². The van der Waals surface area contributed by atoms with Crippen LogP contribution < -0.4 is 0 Å². The summed E-state index contributed by atoms with van der Waals surface area (Å²) in [6.45, 7) is 9.93. The summed E-state index contributed by atoms with van der Waals surface area (Å²) in [6.07, 6.45) is 15.5. The Balaban J connectivity index is 4.89. The van der Waals surface area contributed by atoms with Crippen molar-refractivity contribution >= 4 is 0 Å². The van der Waals surface area contributed by atoms with E-state index in [1.807, 2.05) is 32.1 Å². The van der Waals surface area contributed by atoms with E-state index in [1.54, 1.807) is 0 Å². The van der Waals surface area contributed by atoms with Crippen molar-refractivity contribution in [2.24, 2.45) is 0 Å². The SMILES string of the molecule is C=C/C=C(/C=C\CC)C(\C=C/C)=C/C. The monoisotopic (exact) mass is 188 g/mol. The predicted molar refractivity (Wildman–Crippen MR) is 66.3 cm³/mol.